The zero-order valence-electron chi connectivity index (χ0n) is 16.2. The maximum absolute atomic E-state index is 14.4. The zero-order chi connectivity index (χ0) is 23.4. The highest BCUT2D eigenvalue weighted by Gasteiger charge is 2.65. The smallest absolute Gasteiger partial charge is 0.268 e. The highest BCUT2D eigenvalue weighted by Crippen LogP contribution is 2.42. The lowest BCUT2D eigenvalue weighted by molar-refractivity contribution is -0.671. The molecule has 1 aromatic carbocycles. The van der Waals surface area contributed by atoms with Gasteiger partial charge in [-0.25, -0.2) is 9.18 Å². The van der Waals surface area contributed by atoms with E-state index in [0.29, 0.717) is 17.4 Å². The Labute approximate surface area is 175 Å². The van der Waals surface area contributed by atoms with Crippen molar-refractivity contribution in [2.75, 3.05) is 19.0 Å². The molecule has 1 heterocycles. The van der Waals surface area contributed by atoms with Crippen LogP contribution in [0, 0.1) is 12.7 Å². The fourth-order valence-electron chi connectivity index (χ4n) is 2.71. The Morgan fingerprint density at radius 3 is 2.23 bits per heavy atom. The van der Waals surface area contributed by atoms with E-state index in [4.69, 9.17) is 18.5 Å². The molecule has 2 radical (unpaired) electrons. The van der Waals surface area contributed by atoms with Gasteiger partial charge in [0.15, 0.2) is 0 Å². The number of hydrogen-bond acceptors (Lipinski definition) is 4. The number of nitrogens with zero attached hydrogens (tertiary/aromatic N) is 3. The van der Waals surface area contributed by atoms with Crippen LogP contribution in [0.5, 0.6) is 0 Å². The van der Waals surface area contributed by atoms with Crippen LogP contribution in [-0.2, 0) is 15.0 Å². The number of allylic oxidation sites excluding steroid dienone is 1. The molecule has 0 N–H and O–H groups in total. The number of hydrogen-bond donors (Lipinski definition) is 0. The van der Waals surface area contributed by atoms with Gasteiger partial charge in [0.25, 0.3) is 5.91 Å². The molecule has 1 atom stereocenters. The second-order valence-electron chi connectivity index (χ2n) is 6.82. The summed E-state index contributed by atoms with van der Waals surface area (Å²) in [7, 11) is -3.64. The predicted molar refractivity (Wildman–Crippen MR) is 99.8 cm³/mol. The van der Waals surface area contributed by atoms with Gasteiger partial charge in [-0.15, -0.1) is 0 Å². The lowest BCUT2D eigenvalue weighted by Gasteiger charge is -2.40. The molecule has 2 rings (SSSR count). The summed E-state index contributed by atoms with van der Waals surface area (Å²) in [5.41, 5.74) is -3.06. The minimum atomic E-state index is -5.37. The Balaban J connectivity index is 2.87. The van der Waals surface area contributed by atoms with Crippen LogP contribution in [0.25, 0.3) is 0 Å². The lowest BCUT2D eigenvalue weighted by Crippen LogP contribution is -2.67. The molecule has 13 heteroatoms. The highest BCUT2D eigenvalue weighted by molar-refractivity contribution is 7.84. The molecule has 164 valence electrons. The maximum Gasteiger partial charge on any atom is 0.469 e. The Bertz CT molecular complexity index is 1060. The van der Waals surface area contributed by atoms with E-state index in [0.717, 1.165) is 13.1 Å². The highest BCUT2D eigenvalue weighted by atomic mass is 35.5. The van der Waals surface area contributed by atoms with E-state index < -0.39 is 55.5 Å². The summed E-state index contributed by atoms with van der Waals surface area (Å²) in [6.07, 6.45) is -5.42. The molecule has 1 unspecified atom stereocenters. The predicted octanol–water partition coefficient (Wildman–Crippen LogP) is 3.48. The normalized spacial score (nSPS) is 20.9. The molecule has 1 aliphatic rings. The third-order valence-electron chi connectivity index (χ3n) is 4.65. The fourth-order valence-corrected chi connectivity index (χ4v) is 4.59. The van der Waals surface area contributed by atoms with Crippen molar-refractivity contribution in [2.24, 2.45) is 0 Å². The van der Waals surface area contributed by atoms with Gasteiger partial charge in [-0.05, 0) is 31.5 Å². The molecule has 0 fully saturated rings. The minimum Gasteiger partial charge on any atom is -0.268 e. The van der Waals surface area contributed by atoms with Crippen molar-refractivity contribution < 1.29 is 39.5 Å². The Morgan fingerprint density at radius 1 is 1.23 bits per heavy atom. The molecule has 0 aliphatic carbocycles. The number of urea groups is 1. The van der Waals surface area contributed by atoms with Gasteiger partial charge >= 0.3 is 22.4 Å². The minimum absolute atomic E-state index is 0.0109. The van der Waals surface area contributed by atoms with Crippen LogP contribution in [0.3, 0.4) is 0 Å². The van der Waals surface area contributed by atoms with Gasteiger partial charge in [0.05, 0.1) is 18.8 Å². The molecule has 7 nitrogen and oxygen atoms in total. The topological polar surface area (TPSA) is 74.8 Å². The lowest BCUT2D eigenvalue weighted by atomic mass is 10.1. The maximum atomic E-state index is 14.4. The number of benzene rings is 1. The van der Waals surface area contributed by atoms with Crippen LogP contribution in [0.15, 0.2) is 23.9 Å². The average Bonchev–Trinajstić information content (AvgIpc) is 2.60. The van der Waals surface area contributed by atoms with E-state index in [1.54, 1.807) is 0 Å². The van der Waals surface area contributed by atoms with E-state index in [1.165, 1.54) is 13.8 Å². The molecular formula is C17H17ClF4N3O4S+. The van der Waals surface area contributed by atoms with Crippen molar-refractivity contribution >= 4 is 39.4 Å². The molecule has 0 saturated heterocycles. The quantitative estimate of drug-likeness (QED) is 0.499. The summed E-state index contributed by atoms with van der Waals surface area (Å²) in [5.74, 6) is -2.85. The van der Waals surface area contributed by atoms with Crippen molar-refractivity contribution in [3.8, 4) is 0 Å². The van der Waals surface area contributed by atoms with E-state index in [1.807, 2.05) is 0 Å². The number of carbonyl (C=O) groups excluding carboxylic acids is 2. The van der Waals surface area contributed by atoms with Crippen molar-refractivity contribution in [1.29, 1.82) is 0 Å². The third-order valence-corrected chi connectivity index (χ3v) is 7.40. The van der Waals surface area contributed by atoms with Gasteiger partial charge in [0.1, 0.15) is 5.82 Å². The number of amides is 3. The Kier molecular flexibility index (Phi) is 6.14. The van der Waals surface area contributed by atoms with Crippen LogP contribution >= 0.6 is 11.6 Å². The van der Waals surface area contributed by atoms with Gasteiger partial charge in [0.2, 0.25) is 5.70 Å². The molecule has 0 bridgehead atoms. The van der Waals surface area contributed by atoms with E-state index >= 15 is 0 Å². The molecule has 30 heavy (non-hydrogen) atoms. The number of rotatable bonds is 4. The largest absolute Gasteiger partial charge is 0.469 e. The van der Waals surface area contributed by atoms with Gasteiger partial charge < -0.3 is 0 Å². The van der Waals surface area contributed by atoms with Gasteiger partial charge in [-0.3, -0.25) is 4.79 Å². The van der Waals surface area contributed by atoms with Crippen LogP contribution < -0.4 is 4.90 Å². The van der Waals surface area contributed by atoms with Crippen molar-refractivity contribution in [2.45, 2.75) is 26.1 Å². The average molecular weight is 471 g/mol. The number of carbonyl (C=O) groups is 2. The number of imide groups is 1. The first-order chi connectivity index (χ1) is 13.5. The zero-order valence-corrected chi connectivity index (χ0v) is 17.7. The van der Waals surface area contributed by atoms with Crippen molar-refractivity contribution in [1.82, 2.24) is 4.31 Å². The molecule has 1 aromatic rings. The molecule has 0 saturated carbocycles. The van der Waals surface area contributed by atoms with Crippen LogP contribution in [-0.4, -0.2) is 54.9 Å². The SMILES string of the molecule is [CH]c1cc(N2C(=O)C=C(C(F)(F)F)[N+](C)(S(=O)(=O)N(C)C(C)C)C2=O)c(F)cc1Cl. The Hall–Kier alpha value is -2.02. The number of anilines is 1. The summed E-state index contributed by atoms with van der Waals surface area (Å²) >= 11 is 5.67. The summed E-state index contributed by atoms with van der Waals surface area (Å²) in [6.45, 7) is 8.30. The number of alkyl halides is 3. The van der Waals surface area contributed by atoms with Crippen molar-refractivity contribution in [3.63, 3.8) is 0 Å². The first-order valence-electron chi connectivity index (χ1n) is 8.25. The first-order valence-corrected chi connectivity index (χ1v) is 10.0. The van der Waals surface area contributed by atoms with Crippen LogP contribution in [0.2, 0.25) is 5.02 Å². The summed E-state index contributed by atoms with van der Waals surface area (Å²) in [4.78, 5) is 25.5. The number of halogens is 5. The fraction of sp³-hybridized carbons (Fsp3) is 0.353. The van der Waals surface area contributed by atoms with Gasteiger partial charge in [0, 0.05) is 25.0 Å². The molecule has 0 aromatic heterocycles. The third kappa shape index (κ3) is 3.61. The number of quaternary nitrogens is 1. The molecule has 0 spiro atoms. The monoisotopic (exact) mass is 470 g/mol. The Morgan fingerprint density at radius 2 is 1.77 bits per heavy atom. The van der Waals surface area contributed by atoms with Crippen molar-refractivity contribution in [3.05, 3.63) is 47.2 Å². The molecular weight excluding hydrogens is 454 g/mol. The second-order valence-corrected chi connectivity index (χ2v) is 9.43. The second kappa shape index (κ2) is 7.59. The summed E-state index contributed by atoms with van der Waals surface area (Å²) < 4.78 is 79.8. The standard InChI is InChI=1S/C17H17ClF4N3O4S/c1-9(2)23(4)30(28,29)25(5)14(17(20,21)22)8-15(26)24(16(25)27)13-6-10(3)11(18)7-12(13)19/h3,6-9H,1-2,4-5H3/q+1. The van der Waals surface area contributed by atoms with Gasteiger partial charge in [-0.1, -0.05) is 15.5 Å². The van der Waals surface area contributed by atoms with Crippen LogP contribution in [0.4, 0.5) is 28.0 Å². The van der Waals surface area contributed by atoms with Gasteiger partial charge in [-0.2, -0.15) is 30.8 Å². The molecule has 3 amide bonds. The van der Waals surface area contributed by atoms with Crippen LogP contribution in [0.1, 0.15) is 19.4 Å². The van der Waals surface area contributed by atoms with E-state index in [-0.39, 0.29) is 21.6 Å². The first kappa shape index (κ1) is 24.3. The molecule has 1 aliphatic heterocycles. The summed E-state index contributed by atoms with van der Waals surface area (Å²) in [6, 6.07) is -1.29. The summed E-state index contributed by atoms with van der Waals surface area (Å²) in [5, 5.41) is -0.274. The van der Waals surface area contributed by atoms with E-state index in [2.05, 4.69) is 0 Å². The van der Waals surface area contributed by atoms with E-state index in [9.17, 15) is 35.6 Å².